The number of anilines is 1. The first kappa shape index (κ1) is 17.4. The second-order valence-corrected chi connectivity index (χ2v) is 6.12. The molecule has 2 aromatic carbocycles. The molecule has 1 N–H and O–H groups in total. The predicted octanol–water partition coefficient (Wildman–Crippen LogP) is 2.76. The quantitative estimate of drug-likeness (QED) is 0.771. The van der Waals surface area contributed by atoms with Crippen LogP contribution < -0.4 is 5.32 Å². The second kappa shape index (κ2) is 7.65. The van der Waals surface area contributed by atoms with Crippen LogP contribution in [0.3, 0.4) is 0 Å². The standard InChI is InChI=1S/C20H20N4O2/c1-23(2)20(26)16-5-3-6-17(14-16)22-19(25)13-15-7-9-18(10-8-15)24-12-4-11-21-24/h3-12,14H,13H2,1-2H3,(H,22,25). The van der Waals surface area contributed by atoms with Gasteiger partial charge in [-0.3, -0.25) is 9.59 Å². The molecule has 0 atom stereocenters. The summed E-state index contributed by atoms with van der Waals surface area (Å²) in [7, 11) is 3.39. The molecule has 132 valence electrons. The normalized spacial score (nSPS) is 10.4. The lowest BCUT2D eigenvalue weighted by Crippen LogP contribution is -2.22. The van der Waals surface area contributed by atoms with Gasteiger partial charge in [-0.1, -0.05) is 18.2 Å². The van der Waals surface area contributed by atoms with Crippen molar-refractivity contribution >= 4 is 17.5 Å². The number of rotatable bonds is 5. The van der Waals surface area contributed by atoms with Crippen LogP contribution >= 0.6 is 0 Å². The van der Waals surface area contributed by atoms with Crippen LogP contribution in [0, 0.1) is 0 Å². The van der Waals surface area contributed by atoms with Gasteiger partial charge in [-0.25, -0.2) is 4.68 Å². The SMILES string of the molecule is CN(C)C(=O)c1cccc(NC(=O)Cc2ccc(-n3cccn3)cc2)c1. The van der Waals surface area contributed by atoms with Gasteiger partial charge in [0.1, 0.15) is 0 Å². The van der Waals surface area contributed by atoms with Crippen molar-refractivity contribution in [2.24, 2.45) is 0 Å². The van der Waals surface area contributed by atoms with Crippen molar-refractivity contribution in [1.82, 2.24) is 14.7 Å². The molecule has 0 saturated carbocycles. The maximum atomic E-state index is 12.3. The molecule has 0 saturated heterocycles. The number of hydrogen-bond donors (Lipinski definition) is 1. The van der Waals surface area contributed by atoms with Crippen LogP contribution in [0.2, 0.25) is 0 Å². The van der Waals surface area contributed by atoms with Gasteiger partial charge in [0.05, 0.1) is 12.1 Å². The molecule has 6 nitrogen and oxygen atoms in total. The zero-order valence-corrected chi connectivity index (χ0v) is 14.7. The van der Waals surface area contributed by atoms with E-state index in [2.05, 4.69) is 10.4 Å². The fourth-order valence-electron chi connectivity index (χ4n) is 2.57. The molecular formula is C20H20N4O2. The van der Waals surface area contributed by atoms with Crippen LogP contribution in [0.15, 0.2) is 67.0 Å². The smallest absolute Gasteiger partial charge is 0.253 e. The van der Waals surface area contributed by atoms with Gasteiger partial charge >= 0.3 is 0 Å². The number of amides is 2. The van der Waals surface area contributed by atoms with E-state index in [9.17, 15) is 9.59 Å². The van der Waals surface area contributed by atoms with Gasteiger partial charge in [-0.15, -0.1) is 0 Å². The molecule has 2 amide bonds. The van der Waals surface area contributed by atoms with Crippen LogP contribution in [-0.2, 0) is 11.2 Å². The number of nitrogens with one attached hydrogen (secondary N) is 1. The fraction of sp³-hybridized carbons (Fsp3) is 0.150. The molecular weight excluding hydrogens is 328 g/mol. The summed E-state index contributed by atoms with van der Waals surface area (Å²) < 4.78 is 1.76. The number of benzene rings is 2. The number of carbonyl (C=O) groups is 2. The molecule has 0 aliphatic carbocycles. The summed E-state index contributed by atoms with van der Waals surface area (Å²) in [6.07, 6.45) is 3.84. The van der Waals surface area contributed by atoms with E-state index in [0.29, 0.717) is 11.3 Å². The Morgan fingerprint density at radius 2 is 1.85 bits per heavy atom. The molecule has 3 aromatic rings. The lowest BCUT2D eigenvalue weighted by Gasteiger charge is -2.12. The van der Waals surface area contributed by atoms with Crippen molar-refractivity contribution in [1.29, 1.82) is 0 Å². The molecule has 0 bridgehead atoms. The predicted molar refractivity (Wildman–Crippen MR) is 100 cm³/mol. The highest BCUT2D eigenvalue weighted by Gasteiger charge is 2.10. The van der Waals surface area contributed by atoms with Crippen molar-refractivity contribution in [2.45, 2.75) is 6.42 Å². The van der Waals surface area contributed by atoms with E-state index in [1.54, 1.807) is 49.2 Å². The minimum Gasteiger partial charge on any atom is -0.345 e. The maximum Gasteiger partial charge on any atom is 0.253 e. The summed E-state index contributed by atoms with van der Waals surface area (Å²) in [4.78, 5) is 25.8. The minimum absolute atomic E-state index is 0.102. The Bertz CT molecular complexity index is 900. The third kappa shape index (κ3) is 4.16. The summed E-state index contributed by atoms with van der Waals surface area (Å²) in [6.45, 7) is 0. The highest BCUT2D eigenvalue weighted by atomic mass is 16.2. The molecule has 1 heterocycles. The number of carbonyl (C=O) groups excluding carboxylic acids is 2. The zero-order valence-electron chi connectivity index (χ0n) is 14.7. The van der Waals surface area contributed by atoms with Gasteiger partial charge in [0, 0.05) is 37.7 Å². The van der Waals surface area contributed by atoms with Gasteiger partial charge in [-0.2, -0.15) is 5.10 Å². The highest BCUT2D eigenvalue weighted by molar-refractivity contribution is 5.97. The van der Waals surface area contributed by atoms with Crippen LogP contribution in [0.1, 0.15) is 15.9 Å². The van der Waals surface area contributed by atoms with E-state index in [1.807, 2.05) is 36.5 Å². The maximum absolute atomic E-state index is 12.3. The van der Waals surface area contributed by atoms with Crippen molar-refractivity contribution in [2.75, 3.05) is 19.4 Å². The van der Waals surface area contributed by atoms with Gasteiger partial charge in [0.25, 0.3) is 5.91 Å². The monoisotopic (exact) mass is 348 g/mol. The van der Waals surface area contributed by atoms with Crippen LogP contribution in [0.5, 0.6) is 0 Å². The van der Waals surface area contributed by atoms with Crippen molar-refractivity contribution in [3.05, 3.63) is 78.1 Å². The first-order valence-corrected chi connectivity index (χ1v) is 8.23. The molecule has 0 fully saturated rings. The molecule has 0 radical (unpaired) electrons. The van der Waals surface area contributed by atoms with E-state index in [4.69, 9.17) is 0 Å². The summed E-state index contributed by atoms with van der Waals surface area (Å²) in [5, 5.41) is 7.01. The van der Waals surface area contributed by atoms with Crippen LogP contribution in [0.4, 0.5) is 5.69 Å². The first-order valence-electron chi connectivity index (χ1n) is 8.23. The van der Waals surface area contributed by atoms with Crippen LogP contribution in [0.25, 0.3) is 5.69 Å². The number of hydrogen-bond acceptors (Lipinski definition) is 3. The Kier molecular flexibility index (Phi) is 5.12. The summed E-state index contributed by atoms with van der Waals surface area (Å²) in [5.74, 6) is -0.235. The Labute approximate surface area is 152 Å². The number of nitrogens with zero attached hydrogens (tertiary/aromatic N) is 3. The average molecular weight is 348 g/mol. The van der Waals surface area contributed by atoms with Crippen molar-refractivity contribution < 1.29 is 9.59 Å². The van der Waals surface area contributed by atoms with Gasteiger partial charge in [-0.05, 0) is 42.0 Å². The van der Waals surface area contributed by atoms with Gasteiger partial charge in [0.15, 0.2) is 0 Å². The van der Waals surface area contributed by atoms with E-state index >= 15 is 0 Å². The fourth-order valence-corrected chi connectivity index (χ4v) is 2.57. The summed E-state index contributed by atoms with van der Waals surface area (Å²) in [6, 6.07) is 16.4. The second-order valence-electron chi connectivity index (χ2n) is 6.12. The molecule has 1 aromatic heterocycles. The molecule has 26 heavy (non-hydrogen) atoms. The third-order valence-electron chi connectivity index (χ3n) is 3.87. The first-order chi connectivity index (χ1) is 12.5. The molecule has 6 heteroatoms. The Balaban J connectivity index is 1.64. The molecule has 3 rings (SSSR count). The molecule has 0 unspecified atom stereocenters. The van der Waals surface area contributed by atoms with Gasteiger partial charge < -0.3 is 10.2 Å². The lowest BCUT2D eigenvalue weighted by molar-refractivity contribution is -0.115. The molecule has 0 aliphatic heterocycles. The Morgan fingerprint density at radius 1 is 1.08 bits per heavy atom. The lowest BCUT2D eigenvalue weighted by atomic mass is 10.1. The Morgan fingerprint density at radius 3 is 2.50 bits per heavy atom. The molecule has 0 aliphatic rings. The average Bonchev–Trinajstić information content (AvgIpc) is 3.16. The molecule has 0 spiro atoms. The van der Waals surface area contributed by atoms with E-state index in [1.165, 1.54) is 4.90 Å². The highest BCUT2D eigenvalue weighted by Crippen LogP contribution is 2.14. The minimum atomic E-state index is -0.133. The van der Waals surface area contributed by atoms with Crippen molar-refractivity contribution in [3.63, 3.8) is 0 Å². The topological polar surface area (TPSA) is 67.2 Å². The largest absolute Gasteiger partial charge is 0.345 e. The van der Waals surface area contributed by atoms with E-state index in [-0.39, 0.29) is 18.2 Å². The van der Waals surface area contributed by atoms with E-state index in [0.717, 1.165) is 11.3 Å². The Hall–Kier alpha value is -3.41. The van der Waals surface area contributed by atoms with E-state index < -0.39 is 0 Å². The summed E-state index contributed by atoms with van der Waals surface area (Å²) >= 11 is 0. The third-order valence-corrected chi connectivity index (χ3v) is 3.87. The number of aromatic nitrogens is 2. The summed E-state index contributed by atoms with van der Waals surface area (Å²) in [5.41, 5.74) is 2.99. The zero-order chi connectivity index (χ0) is 18.5. The van der Waals surface area contributed by atoms with Crippen molar-refractivity contribution in [3.8, 4) is 5.69 Å². The van der Waals surface area contributed by atoms with Crippen LogP contribution in [-0.4, -0.2) is 40.6 Å². The van der Waals surface area contributed by atoms with Gasteiger partial charge in [0.2, 0.25) is 5.91 Å².